The van der Waals surface area contributed by atoms with Gasteiger partial charge < -0.3 is 19.4 Å². The molecule has 2 N–H and O–H groups in total. The maximum absolute atomic E-state index is 13.3. The zero-order chi connectivity index (χ0) is 18.5. The van der Waals surface area contributed by atoms with E-state index in [9.17, 15) is 17.8 Å². The van der Waals surface area contributed by atoms with E-state index in [0.717, 1.165) is 12.1 Å². The van der Waals surface area contributed by atoms with Crippen molar-refractivity contribution in [1.82, 2.24) is 9.29 Å². The quantitative estimate of drug-likeness (QED) is 0.820. The summed E-state index contributed by atoms with van der Waals surface area (Å²) in [6.07, 6.45) is 1.54. The van der Waals surface area contributed by atoms with Crippen LogP contribution in [0.3, 0.4) is 0 Å². The normalized spacial score (nSPS) is 20.7. The number of rotatable bonds is 2. The summed E-state index contributed by atoms with van der Waals surface area (Å²) in [5.74, 6) is -2.46. The molecule has 26 heavy (non-hydrogen) atoms. The fourth-order valence-electron chi connectivity index (χ4n) is 2.86. The van der Waals surface area contributed by atoms with E-state index in [4.69, 9.17) is 9.47 Å². The zero-order valence-corrected chi connectivity index (χ0v) is 14.5. The van der Waals surface area contributed by atoms with Crippen molar-refractivity contribution in [3.8, 4) is 5.75 Å². The third kappa shape index (κ3) is 2.79. The van der Waals surface area contributed by atoms with Gasteiger partial charge in [0, 0.05) is 25.0 Å². The molecule has 7 nitrogen and oxygen atoms in total. The molecule has 1 aromatic heterocycles. The number of aromatic nitrogens is 1. The van der Waals surface area contributed by atoms with Gasteiger partial charge in [-0.1, -0.05) is 0 Å². The first kappa shape index (κ1) is 17.1. The van der Waals surface area contributed by atoms with Crippen molar-refractivity contribution in [2.45, 2.75) is 10.4 Å². The van der Waals surface area contributed by atoms with Crippen LogP contribution in [0.2, 0.25) is 0 Å². The van der Waals surface area contributed by atoms with Crippen molar-refractivity contribution in [2.24, 2.45) is 7.05 Å². The molecule has 138 valence electrons. The van der Waals surface area contributed by atoms with Crippen LogP contribution < -0.4 is 14.8 Å². The van der Waals surface area contributed by atoms with Gasteiger partial charge in [0.05, 0.1) is 13.2 Å². The van der Waals surface area contributed by atoms with Crippen LogP contribution in [0.25, 0.3) is 0 Å². The average molecular weight is 383 g/mol. The molecule has 1 saturated heterocycles. The highest BCUT2D eigenvalue weighted by Gasteiger charge is 2.44. The van der Waals surface area contributed by atoms with Gasteiger partial charge in [-0.3, -0.25) is 4.79 Å². The van der Waals surface area contributed by atoms with E-state index in [-0.39, 0.29) is 23.7 Å². The van der Waals surface area contributed by atoms with Gasteiger partial charge in [0.15, 0.2) is 23.1 Å². The molecule has 1 atom stereocenters. The van der Waals surface area contributed by atoms with E-state index in [0.29, 0.717) is 18.1 Å². The Balaban J connectivity index is 1.64. The highest BCUT2D eigenvalue weighted by Crippen LogP contribution is 2.34. The Kier molecular flexibility index (Phi) is 4.05. The SMILES string of the molecule is Cn1cc2c(c1C(=O)Nc1ccc(F)c(F)c1)OCC1(COC1)NS2=O. The Bertz CT molecular complexity index is 926. The number of halogens is 2. The molecule has 1 spiro atoms. The summed E-state index contributed by atoms with van der Waals surface area (Å²) in [7, 11) is 0.0335. The summed E-state index contributed by atoms with van der Waals surface area (Å²) in [5.41, 5.74) is -0.304. The molecule has 4 rings (SSSR count). The molecule has 1 unspecified atom stereocenters. The van der Waals surface area contributed by atoms with E-state index in [1.165, 1.54) is 16.8 Å². The van der Waals surface area contributed by atoms with Crippen molar-refractivity contribution in [3.63, 3.8) is 0 Å². The fraction of sp³-hybridized carbons (Fsp3) is 0.312. The number of nitrogens with one attached hydrogen (secondary N) is 2. The van der Waals surface area contributed by atoms with E-state index in [2.05, 4.69) is 10.0 Å². The lowest BCUT2D eigenvalue weighted by Crippen LogP contribution is -2.63. The van der Waals surface area contributed by atoms with Crippen LogP contribution in [-0.2, 0) is 22.8 Å². The molecular weight excluding hydrogens is 368 g/mol. The van der Waals surface area contributed by atoms with Gasteiger partial charge in [0.2, 0.25) is 0 Å². The van der Waals surface area contributed by atoms with Gasteiger partial charge in [-0.05, 0) is 12.1 Å². The number of carbonyl (C=O) groups excluding carboxylic acids is 1. The van der Waals surface area contributed by atoms with Crippen molar-refractivity contribution in [3.05, 3.63) is 41.7 Å². The van der Waals surface area contributed by atoms with Crippen LogP contribution in [0, 0.1) is 11.6 Å². The molecule has 3 heterocycles. The molecule has 1 aromatic carbocycles. The number of fused-ring (bicyclic) bond motifs is 1. The van der Waals surface area contributed by atoms with Crippen molar-refractivity contribution >= 4 is 22.6 Å². The van der Waals surface area contributed by atoms with E-state index in [1.807, 2.05) is 0 Å². The van der Waals surface area contributed by atoms with Gasteiger partial charge in [-0.25, -0.2) is 17.7 Å². The lowest BCUT2D eigenvalue weighted by atomic mass is 10.0. The van der Waals surface area contributed by atoms with Crippen molar-refractivity contribution in [2.75, 3.05) is 25.1 Å². The standard InChI is InChI=1S/C16H15F2N3O4S/c1-21-5-12-14(25-8-16(6-24-7-16)20-26(12)23)13(21)15(22)19-9-2-3-10(17)11(18)4-9/h2-5,20H,6-8H2,1H3,(H,19,22). The molecular formula is C16H15F2N3O4S. The van der Waals surface area contributed by atoms with Crippen LogP contribution in [0.15, 0.2) is 29.3 Å². The number of carbonyl (C=O) groups is 1. The molecule has 0 aliphatic carbocycles. The zero-order valence-electron chi connectivity index (χ0n) is 13.7. The number of nitrogens with zero attached hydrogens (tertiary/aromatic N) is 1. The fourth-order valence-corrected chi connectivity index (χ4v) is 4.11. The van der Waals surface area contributed by atoms with Crippen LogP contribution in [0.5, 0.6) is 5.75 Å². The monoisotopic (exact) mass is 383 g/mol. The second-order valence-corrected chi connectivity index (χ2v) is 7.48. The lowest BCUT2D eigenvalue weighted by molar-refractivity contribution is -0.0797. The molecule has 2 aliphatic rings. The van der Waals surface area contributed by atoms with Crippen LogP contribution in [-0.4, -0.2) is 40.0 Å². The predicted molar refractivity (Wildman–Crippen MR) is 88.3 cm³/mol. The number of amides is 1. The summed E-state index contributed by atoms with van der Waals surface area (Å²) in [5, 5.41) is 2.50. The maximum Gasteiger partial charge on any atom is 0.276 e. The minimum Gasteiger partial charge on any atom is -0.488 e. The first-order valence-electron chi connectivity index (χ1n) is 7.74. The molecule has 1 amide bonds. The Morgan fingerprint density at radius 3 is 2.73 bits per heavy atom. The van der Waals surface area contributed by atoms with Crippen LogP contribution in [0.1, 0.15) is 10.5 Å². The summed E-state index contributed by atoms with van der Waals surface area (Å²) in [6, 6.07) is 3.06. The lowest BCUT2D eigenvalue weighted by Gasteiger charge is -2.39. The smallest absolute Gasteiger partial charge is 0.276 e. The van der Waals surface area contributed by atoms with Gasteiger partial charge in [-0.15, -0.1) is 0 Å². The maximum atomic E-state index is 13.3. The number of anilines is 1. The van der Waals surface area contributed by atoms with E-state index in [1.54, 1.807) is 7.05 Å². The van der Waals surface area contributed by atoms with Gasteiger partial charge in [0.25, 0.3) is 5.91 Å². The summed E-state index contributed by atoms with van der Waals surface area (Å²) in [4.78, 5) is 13.0. The van der Waals surface area contributed by atoms with Crippen LogP contribution in [0.4, 0.5) is 14.5 Å². The number of ether oxygens (including phenoxy) is 2. The van der Waals surface area contributed by atoms with Gasteiger partial charge >= 0.3 is 0 Å². The van der Waals surface area contributed by atoms with Gasteiger partial charge in [0.1, 0.15) is 28.0 Å². The van der Waals surface area contributed by atoms with Crippen molar-refractivity contribution < 1.29 is 27.3 Å². The first-order valence-corrected chi connectivity index (χ1v) is 8.89. The number of hydrogen-bond donors (Lipinski definition) is 2. The topological polar surface area (TPSA) is 81.6 Å². The molecule has 0 saturated carbocycles. The van der Waals surface area contributed by atoms with Crippen LogP contribution >= 0.6 is 0 Å². The Hall–Kier alpha value is -2.30. The predicted octanol–water partition coefficient (Wildman–Crippen LogP) is 1.33. The first-order chi connectivity index (χ1) is 12.4. The van der Waals surface area contributed by atoms with E-state index >= 15 is 0 Å². The molecule has 0 bridgehead atoms. The molecule has 1 fully saturated rings. The largest absolute Gasteiger partial charge is 0.488 e. The Morgan fingerprint density at radius 2 is 2.08 bits per heavy atom. The van der Waals surface area contributed by atoms with E-state index < -0.39 is 34.1 Å². The number of aryl methyl sites for hydroxylation is 1. The summed E-state index contributed by atoms with van der Waals surface area (Å²) >= 11 is 0. The minimum absolute atomic E-state index is 0.0978. The molecule has 10 heteroatoms. The van der Waals surface area contributed by atoms with Gasteiger partial charge in [-0.2, -0.15) is 0 Å². The minimum atomic E-state index is -1.58. The second kappa shape index (κ2) is 6.15. The average Bonchev–Trinajstić information content (AvgIpc) is 2.82. The number of benzene rings is 1. The molecule has 2 aromatic rings. The van der Waals surface area contributed by atoms with Crippen molar-refractivity contribution in [1.29, 1.82) is 0 Å². The number of hydrogen-bond acceptors (Lipinski definition) is 4. The summed E-state index contributed by atoms with van der Waals surface area (Å²) in [6.45, 7) is 0.929. The molecule has 0 radical (unpaired) electrons. The highest BCUT2D eigenvalue weighted by atomic mass is 32.2. The second-order valence-electron chi connectivity index (χ2n) is 6.30. The highest BCUT2D eigenvalue weighted by molar-refractivity contribution is 7.83. The Morgan fingerprint density at radius 1 is 1.31 bits per heavy atom. The summed E-state index contributed by atoms with van der Waals surface area (Å²) < 4.78 is 54.4. The molecule has 2 aliphatic heterocycles. The third-order valence-corrected chi connectivity index (χ3v) is 5.56. The Labute approximate surface area is 149 Å². The third-order valence-electron chi connectivity index (χ3n) is 4.25.